The molecule has 5 heteroatoms. The number of aromatic nitrogens is 2. The summed E-state index contributed by atoms with van der Waals surface area (Å²) < 4.78 is 1.46. The van der Waals surface area contributed by atoms with Crippen molar-refractivity contribution in [2.45, 2.75) is 39.2 Å². The highest BCUT2D eigenvalue weighted by Crippen LogP contribution is 2.50. The normalized spacial score (nSPS) is 16.5. The van der Waals surface area contributed by atoms with Crippen molar-refractivity contribution in [3.8, 4) is 6.07 Å². The van der Waals surface area contributed by atoms with Gasteiger partial charge < -0.3 is 0 Å². The second-order valence-electron chi connectivity index (χ2n) is 4.79. The Morgan fingerprint density at radius 3 is 2.76 bits per heavy atom. The maximum atomic E-state index is 11.6. The first-order valence-electron chi connectivity index (χ1n) is 5.84. The topological polar surface area (TPSA) is 78.7 Å². The summed E-state index contributed by atoms with van der Waals surface area (Å²) in [6, 6.07) is 1.80. The van der Waals surface area contributed by atoms with E-state index in [1.807, 2.05) is 0 Å². The first kappa shape index (κ1) is 11.6. The second kappa shape index (κ2) is 4.21. The minimum Gasteiger partial charge on any atom is -0.299 e. The van der Waals surface area contributed by atoms with Crippen LogP contribution in [0.2, 0.25) is 0 Å². The first-order valence-corrected chi connectivity index (χ1v) is 5.84. The Balaban J connectivity index is 2.31. The zero-order chi connectivity index (χ0) is 12.5. The standard InChI is InChI=1S/C12H15N3O2/c1-2-3-12(4-5-12)8-15-7-9(6-13)10(16)14-11(15)17/h7H,2-5,8H2,1H3,(H,14,16,17). The monoisotopic (exact) mass is 233 g/mol. The molecule has 1 aliphatic carbocycles. The lowest BCUT2D eigenvalue weighted by molar-refractivity contribution is 0.378. The van der Waals surface area contributed by atoms with Gasteiger partial charge in [-0.15, -0.1) is 0 Å². The van der Waals surface area contributed by atoms with Gasteiger partial charge in [-0.2, -0.15) is 5.26 Å². The minimum atomic E-state index is -0.603. The van der Waals surface area contributed by atoms with Crippen LogP contribution < -0.4 is 11.2 Å². The Morgan fingerprint density at radius 2 is 2.24 bits per heavy atom. The summed E-state index contributed by atoms with van der Waals surface area (Å²) in [5.41, 5.74) is -0.814. The predicted octanol–water partition coefficient (Wildman–Crippen LogP) is 0.989. The van der Waals surface area contributed by atoms with Gasteiger partial charge in [-0.25, -0.2) is 4.79 Å². The maximum Gasteiger partial charge on any atom is 0.328 e. The molecule has 5 nitrogen and oxygen atoms in total. The average molecular weight is 233 g/mol. The SMILES string of the molecule is CCCC1(Cn2cc(C#N)c(=O)[nH]c2=O)CC1. The van der Waals surface area contributed by atoms with Gasteiger partial charge in [0.05, 0.1) is 0 Å². The number of aromatic amines is 1. The minimum absolute atomic E-state index is 0.00287. The Hall–Kier alpha value is -1.83. The number of hydrogen-bond acceptors (Lipinski definition) is 3. The van der Waals surface area contributed by atoms with Crippen molar-refractivity contribution in [2.75, 3.05) is 0 Å². The molecule has 0 saturated heterocycles. The molecule has 0 unspecified atom stereocenters. The summed E-state index contributed by atoms with van der Waals surface area (Å²) in [5.74, 6) is 0. The van der Waals surface area contributed by atoms with Crippen LogP contribution in [0.4, 0.5) is 0 Å². The number of rotatable bonds is 4. The van der Waals surface area contributed by atoms with E-state index in [4.69, 9.17) is 5.26 Å². The van der Waals surface area contributed by atoms with Crippen LogP contribution in [0.5, 0.6) is 0 Å². The van der Waals surface area contributed by atoms with Crippen LogP contribution in [0.25, 0.3) is 0 Å². The molecule has 1 heterocycles. The zero-order valence-corrected chi connectivity index (χ0v) is 9.82. The van der Waals surface area contributed by atoms with Gasteiger partial charge >= 0.3 is 5.69 Å². The highest BCUT2D eigenvalue weighted by molar-refractivity contribution is 5.21. The third-order valence-electron chi connectivity index (χ3n) is 3.37. The van der Waals surface area contributed by atoms with E-state index in [9.17, 15) is 9.59 Å². The molecule has 1 N–H and O–H groups in total. The molecule has 0 aromatic carbocycles. The van der Waals surface area contributed by atoms with E-state index in [1.54, 1.807) is 6.07 Å². The Labute approximate surface area is 98.7 Å². The van der Waals surface area contributed by atoms with Gasteiger partial charge in [0.1, 0.15) is 11.6 Å². The lowest BCUT2D eigenvalue weighted by Gasteiger charge is -2.15. The Morgan fingerprint density at radius 1 is 1.53 bits per heavy atom. The quantitative estimate of drug-likeness (QED) is 0.842. The molecule has 0 spiro atoms. The van der Waals surface area contributed by atoms with Crippen molar-refractivity contribution in [1.82, 2.24) is 9.55 Å². The molecule has 1 aliphatic rings. The molecule has 90 valence electrons. The molecule has 1 aromatic rings. The molecule has 17 heavy (non-hydrogen) atoms. The second-order valence-corrected chi connectivity index (χ2v) is 4.79. The van der Waals surface area contributed by atoms with E-state index in [2.05, 4.69) is 11.9 Å². The molecule has 2 rings (SSSR count). The number of H-pyrrole nitrogens is 1. The van der Waals surface area contributed by atoms with Gasteiger partial charge in [-0.3, -0.25) is 14.3 Å². The zero-order valence-electron chi connectivity index (χ0n) is 9.82. The van der Waals surface area contributed by atoms with E-state index in [1.165, 1.54) is 10.8 Å². The number of nitriles is 1. The van der Waals surface area contributed by atoms with Gasteiger partial charge in [-0.1, -0.05) is 13.3 Å². The number of nitrogens with zero attached hydrogens (tertiary/aromatic N) is 2. The van der Waals surface area contributed by atoms with Gasteiger partial charge in [0, 0.05) is 12.7 Å². The molecule has 0 aliphatic heterocycles. The largest absolute Gasteiger partial charge is 0.328 e. The fourth-order valence-corrected chi connectivity index (χ4v) is 2.26. The molecule has 1 aromatic heterocycles. The van der Waals surface area contributed by atoms with E-state index >= 15 is 0 Å². The first-order chi connectivity index (χ1) is 8.10. The fourth-order valence-electron chi connectivity index (χ4n) is 2.26. The summed E-state index contributed by atoms with van der Waals surface area (Å²) in [4.78, 5) is 25.0. The van der Waals surface area contributed by atoms with Crippen LogP contribution in [0, 0.1) is 16.7 Å². The lowest BCUT2D eigenvalue weighted by Crippen LogP contribution is -2.33. The molecule has 1 saturated carbocycles. The summed E-state index contributed by atoms with van der Waals surface area (Å²) in [5, 5.41) is 8.77. The highest BCUT2D eigenvalue weighted by Gasteiger charge is 2.41. The van der Waals surface area contributed by atoms with E-state index in [0.717, 1.165) is 25.7 Å². The summed E-state index contributed by atoms with van der Waals surface area (Å²) in [7, 11) is 0. The molecule has 0 radical (unpaired) electrons. The molecule has 0 amide bonds. The van der Waals surface area contributed by atoms with Gasteiger partial charge in [0.2, 0.25) is 0 Å². The summed E-state index contributed by atoms with van der Waals surface area (Å²) in [6.07, 6.45) is 5.78. The molecule has 1 fully saturated rings. The van der Waals surface area contributed by atoms with Crippen molar-refractivity contribution in [3.05, 3.63) is 32.6 Å². The average Bonchev–Trinajstić information content (AvgIpc) is 3.03. The third kappa shape index (κ3) is 2.31. The maximum absolute atomic E-state index is 11.6. The third-order valence-corrected chi connectivity index (χ3v) is 3.37. The van der Waals surface area contributed by atoms with Crippen LogP contribution in [-0.4, -0.2) is 9.55 Å². The van der Waals surface area contributed by atoms with Crippen LogP contribution in [0.1, 0.15) is 38.2 Å². The van der Waals surface area contributed by atoms with Crippen molar-refractivity contribution in [2.24, 2.45) is 5.41 Å². The Bertz CT molecular complexity index is 573. The lowest BCUT2D eigenvalue weighted by atomic mass is 10.0. The van der Waals surface area contributed by atoms with Crippen molar-refractivity contribution in [1.29, 1.82) is 5.26 Å². The predicted molar refractivity (Wildman–Crippen MR) is 62.6 cm³/mol. The fraction of sp³-hybridized carbons (Fsp3) is 0.583. The van der Waals surface area contributed by atoms with E-state index in [0.29, 0.717) is 6.54 Å². The van der Waals surface area contributed by atoms with Gasteiger partial charge in [0.15, 0.2) is 0 Å². The van der Waals surface area contributed by atoms with Gasteiger partial charge in [-0.05, 0) is 24.7 Å². The van der Waals surface area contributed by atoms with Gasteiger partial charge in [0.25, 0.3) is 5.56 Å². The molecular formula is C12H15N3O2. The van der Waals surface area contributed by atoms with Crippen molar-refractivity contribution >= 4 is 0 Å². The van der Waals surface area contributed by atoms with Crippen LogP contribution in [-0.2, 0) is 6.54 Å². The van der Waals surface area contributed by atoms with Crippen LogP contribution >= 0.6 is 0 Å². The van der Waals surface area contributed by atoms with E-state index in [-0.39, 0.29) is 11.0 Å². The van der Waals surface area contributed by atoms with E-state index < -0.39 is 11.2 Å². The number of nitrogens with one attached hydrogen (secondary N) is 1. The number of hydrogen-bond donors (Lipinski definition) is 1. The highest BCUT2D eigenvalue weighted by atomic mass is 16.2. The summed E-state index contributed by atoms with van der Waals surface area (Å²) in [6.45, 7) is 2.72. The van der Waals surface area contributed by atoms with Crippen molar-refractivity contribution < 1.29 is 0 Å². The Kier molecular flexibility index (Phi) is 2.88. The smallest absolute Gasteiger partial charge is 0.299 e. The molecule has 0 bridgehead atoms. The van der Waals surface area contributed by atoms with Crippen LogP contribution in [0.15, 0.2) is 15.8 Å². The van der Waals surface area contributed by atoms with Crippen LogP contribution in [0.3, 0.4) is 0 Å². The van der Waals surface area contributed by atoms with Crippen molar-refractivity contribution in [3.63, 3.8) is 0 Å². The molecule has 0 atom stereocenters. The molecular weight excluding hydrogens is 218 g/mol. The summed E-state index contributed by atoms with van der Waals surface area (Å²) >= 11 is 0.